The molecular weight excluding hydrogens is 314 g/mol. The van der Waals surface area contributed by atoms with E-state index in [1.807, 2.05) is 0 Å². The molecule has 0 spiro atoms. The van der Waals surface area contributed by atoms with Gasteiger partial charge in [-0.25, -0.2) is 4.79 Å². The number of aliphatic hydroxyl groups excluding tert-OH is 1. The highest BCUT2D eigenvalue weighted by atomic mass is 16.5. The van der Waals surface area contributed by atoms with Crippen molar-refractivity contribution >= 4 is 22.8 Å². The lowest BCUT2D eigenvalue weighted by Gasteiger charge is -2.07. The Labute approximate surface area is 139 Å². The first-order valence-electron chi connectivity index (χ1n) is 7.73. The van der Waals surface area contributed by atoms with Gasteiger partial charge >= 0.3 is 5.97 Å². The lowest BCUT2D eigenvalue weighted by Crippen LogP contribution is -2.26. The number of nitrogens with one attached hydrogen (secondary N) is 1. The molecule has 0 aliphatic carbocycles. The quantitative estimate of drug-likeness (QED) is 0.712. The number of furan rings is 1. The summed E-state index contributed by atoms with van der Waals surface area (Å²) in [6.45, 7) is 2.14. The van der Waals surface area contributed by atoms with E-state index in [1.165, 1.54) is 13.4 Å². The number of hydrogen-bond acceptors (Lipinski definition) is 6. The van der Waals surface area contributed by atoms with Gasteiger partial charge < -0.3 is 24.3 Å². The van der Waals surface area contributed by atoms with Crippen LogP contribution < -0.4 is 10.1 Å². The van der Waals surface area contributed by atoms with E-state index in [0.717, 1.165) is 5.56 Å². The summed E-state index contributed by atoms with van der Waals surface area (Å²) in [4.78, 5) is 23.7. The normalized spacial score (nSPS) is 10.6. The van der Waals surface area contributed by atoms with Gasteiger partial charge in [-0.05, 0) is 31.0 Å². The van der Waals surface area contributed by atoms with Gasteiger partial charge in [0.1, 0.15) is 11.8 Å². The number of rotatable bonds is 8. The molecule has 7 nitrogen and oxygen atoms in total. The van der Waals surface area contributed by atoms with Crippen molar-refractivity contribution in [3.05, 3.63) is 29.5 Å². The molecule has 0 radical (unpaired) electrons. The number of esters is 1. The molecule has 0 saturated carbocycles. The molecule has 2 rings (SSSR count). The minimum atomic E-state index is -0.462. The van der Waals surface area contributed by atoms with Crippen LogP contribution >= 0.6 is 0 Å². The smallest absolute Gasteiger partial charge is 0.342 e. The summed E-state index contributed by atoms with van der Waals surface area (Å²) < 4.78 is 15.8. The highest BCUT2D eigenvalue weighted by molar-refractivity contribution is 6.04. The molecule has 0 bridgehead atoms. The van der Waals surface area contributed by atoms with E-state index in [2.05, 4.69) is 5.32 Å². The molecule has 0 fully saturated rings. The van der Waals surface area contributed by atoms with E-state index in [-0.39, 0.29) is 32.1 Å². The van der Waals surface area contributed by atoms with Crippen LogP contribution in [0.4, 0.5) is 0 Å². The fourth-order valence-corrected chi connectivity index (χ4v) is 2.37. The number of fused-ring (bicyclic) bond motifs is 1. The first-order chi connectivity index (χ1) is 11.6. The number of hydrogen-bond donors (Lipinski definition) is 2. The minimum Gasteiger partial charge on any atom is -0.493 e. The highest BCUT2D eigenvalue weighted by Gasteiger charge is 2.18. The van der Waals surface area contributed by atoms with Gasteiger partial charge in [0.15, 0.2) is 11.3 Å². The number of carbonyl (C=O) groups excluding carboxylic acids is 2. The second kappa shape index (κ2) is 8.35. The van der Waals surface area contributed by atoms with Crippen LogP contribution in [0.25, 0.3) is 11.0 Å². The summed E-state index contributed by atoms with van der Waals surface area (Å²) >= 11 is 0. The maximum absolute atomic E-state index is 12.0. The average Bonchev–Trinajstić information content (AvgIpc) is 3.01. The standard InChI is InChI=1S/C17H21NO6/c1-3-23-17(21)13-10-24-16-12(13)8-11(9-14(16)22-2)4-5-15(20)18-6-7-19/h8-10,19H,3-7H2,1-2H3,(H,18,20). The highest BCUT2D eigenvalue weighted by Crippen LogP contribution is 2.32. The van der Waals surface area contributed by atoms with E-state index in [9.17, 15) is 9.59 Å². The molecule has 2 N–H and O–H groups in total. The van der Waals surface area contributed by atoms with Gasteiger partial charge in [0.2, 0.25) is 5.91 Å². The number of carbonyl (C=O) groups is 2. The third-order valence-electron chi connectivity index (χ3n) is 3.49. The van der Waals surface area contributed by atoms with Crippen molar-refractivity contribution in [1.29, 1.82) is 0 Å². The van der Waals surface area contributed by atoms with Gasteiger partial charge in [-0.15, -0.1) is 0 Å². The zero-order valence-electron chi connectivity index (χ0n) is 13.8. The molecule has 2 aromatic rings. The Kier molecular flexibility index (Phi) is 6.20. The predicted molar refractivity (Wildman–Crippen MR) is 87.1 cm³/mol. The van der Waals surface area contributed by atoms with Gasteiger partial charge in [0, 0.05) is 18.4 Å². The summed E-state index contributed by atoms with van der Waals surface area (Å²) in [5.41, 5.74) is 1.64. The summed E-state index contributed by atoms with van der Waals surface area (Å²) in [5, 5.41) is 11.9. The molecule has 1 aromatic carbocycles. The molecule has 0 unspecified atom stereocenters. The molecule has 7 heteroatoms. The molecule has 130 valence electrons. The van der Waals surface area contributed by atoms with Crippen LogP contribution in [0.3, 0.4) is 0 Å². The first-order valence-corrected chi connectivity index (χ1v) is 7.73. The van der Waals surface area contributed by atoms with Gasteiger partial charge in [0.25, 0.3) is 0 Å². The Bertz CT molecular complexity index is 721. The van der Waals surface area contributed by atoms with Crippen molar-refractivity contribution in [3.8, 4) is 5.75 Å². The molecule has 0 aliphatic rings. The van der Waals surface area contributed by atoms with Gasteiger partial charge in [0.05, 0.1) is 20.3 Å². The number of ether oxygens (including phenoxy) is 2. The van der Waals surface area contributed by atoms with Gasteiger partial charge in [-0.2, -0.15) is 0 Å². The van der Waals surface area contributed by atoms with E-state index < -0.39 is 5.97 Å². The van der Waals surface area contributed by atoms with Crippen molar-refractivity contribution in [2.45, 2.75) is 19.8 Å². The topological polar surface area (TPSA) is 98.0 Å². The average molecular weight is 335 g/mol. The fourth-order valence-electron chi connectivity index (χ4n) is 2.37. The van der Waals surface area contributed by atoms with Crippen LogP contribution in [-0.4, -0.2) is 43.9 Å². The summed E-state index contributed by atoms with van der Waals surface area (Å²) in [7, 11) is 1.51. The van der Waals surface area contributed by atoms with Crippen LogP contribution in [0.15, 0.2) is 22.8 Å². The van der Waals surface area contributed by atoms with Gasteiger partial charge in [-0.3, -0.25) is 4.79 Å². The van der Waals surface area contributed by atoms with Crippen molar-refractivity contribution in [1.82, 2.24) is 5.32 Å². The van der Waals surface area contributed by atoms with Crippen LogP contribution in [0.5, 0.6) is 5.75 Å². The molecule has 0 atom stereocenters. The number of benzene rings is 1. The van der Waals surface area contributed by atoms with E-state index in [1.54, 1.807) is 19.1 Å². The van der Waals surface area contributed by atoms with Crippen molar-refractivity contribution < 1.29 is 28.6 Å². The second-order valence-corrected chi connectivity index (χ2v) is 5.12. The second-order valence-electron chi connectivity index (χ2n) is 5.12. The number of aliphatic hydroxyl groups is 1. The van der Waals surface area contributed by atoms with Crippen molar-refractivity contribution in [2.24, 2.45) is 0 Å². The van der Waals surface area contributed by atoms with E-state index in [4.69, 9.17) is 19.0 Å². The Morgan fingerprint density at radius 1 is 1.33 bits per heavy atom. The monoisotopic (exact) mass is 335 g/mol. The maximum Gasteiger partial charge on any atom is 0.342 e. The zero-order chi connectivity index (χ0) is 17.5. The lowest BCUT2D eigenvalue weighted by atomic mass is 10.0. The molecular formula is C17H21NO6. The van der Waals surface area contributed by atoms with Crippen molar-refractivity contribution in [2.75, 3.05) is 26.9 Å². The number of aryl methyl sites for hydroxylation is 1. The lowest BCUT2D eigenvalue weighted by molar-refractivity contribution is -0.121. The van der Waals surface area contributed by atoms with Crippen molar-refractivity contribution in [3.63, 3.8) is 0 Å². The van der Waals surface area contributed by atoms with E-state index in [0.29, 0.717) is 28.7 Å². The van der Waals surface area contributed by atoms with Gasteiger partial charge in [-0.1, -0.05) is 0 Å². The molecule has 1 amide bonds. The number of amides is 1. The molecule has 0 saturated heterocycles. The fraction of sp³-hybridized carbons (Fsp3) is 0.412. The van der Waals surface area contributed by atoms with Crippen LogP contribution in [0, 0.1) is 0 Å². The minimum absolute atomic E-state index is 0.0938. The van der Waals surface area contributed by atoms with Crippen LogP contribution in [0.2, 0.25) is 0 Å². The Morgan fingerprint density at radius 2 is 2.12 bits per heavy atom. The molecule has 24 heavy (non-hydrogen) atoms. The first kappa shape index (κ1) is 17.8. The summed E-state index contributed by atoms with van der Waals surface area (Å²) in [6, 6.07) is 3.58. The van der Waals surface area contributed by atoms with E-state index >= 15 is 0 Å². The maximum atomic E-state index is 12.0. The largest absolute Gasteiger partial charge is 0.493 e. The van der Waals surface area contributed by atoms with Crippen LogP contribution in [0.1, 0.15) is 29.3 Å². The Morgan fingerprint density at radius 3 is 2.79 bits per heavy atom. The Balaban J connectivity index is 2.26. The molecule has 0 aliphatic heterocycles. The third kappa shape index (κ3) is 4.05. The summed E-state index contributed by atoms with van der Waals surface area (Å²) in [5.74, 6) is -0.120. The molecule has 1 heterocycles. The zero-order valence-corrected chi connectivity index (χ0v) is 13.8. The van der Waals surface area contributed by atoms with Crippen LogP contribution in [-0.2, 0) is 16.0 Å². The SMILES string of the molecule is CCOC(=O)c1coc2c(OC)cc(CCC(=O)NCCO)cc12. The molecule has 1 aromatic heterocycles. The third-order valence-corrected chi connectivity index (χ3v) is 3.49. The predicted octanol–water partition coefficient (Wildman–Crippen LogP) is 1.66. The number of methoxy groups -OCH3 is 1. The summed E-state index contributed by atoms with van der Waals surface area (Å²) in [6.07, 6.45) is 2.08. The Hall–Kier alpha value is -2.54.